The Kier molecular flexibility index (Phi) is 5.73. The number of nitrogens with one attached hydrogen (secondary N) is 1. The van der Waals surface area contributed by atoms with Crippen molar-refractivity contribution in [2.24, 2.45) is 5.92 Å². The molecule has 0 bridgehead atoms. The summed E-state index contributed by atoms with van der Waals surface area (Å²) in [6.07, 6.45) is -2.63. The largest absolute Gasteiger partial charge is 0.390 e. The van der Waals surface area contributed by atoms with E-state index in [0.717, 1.165) is 39.0 Å². The Hall–Kier alpha value is -0.290. The highest BCUT2D eigenvalue weighted by Crippen LogP contribution is 2.27. The zero-order chi connectivity index (χ0) is 12.9. The first kappa shape index (κ1) is 14.8. The van der Waals surface area contributed by atoms with Crippen molar-refractivity contribution in [3.8, 4) is 0 Å². The zero-order valence-electron chi connectivity index (χ0n) is 10.7. The molecule has 0 spiro atoms. The fourth-order valence-electron chi connectivity index (χ4n) is 2.38. The molecular formula is C12H23F3N2. The summed E-state index contributed by atoms with van der Waals surface area (Å²) >= 11 is 0. The summed E-state index contributed by atoms with van der Waals surface area (Å²) < 4.78 is 36.8. The molecule has 102 valence electrons. The van der Waals surface area contributed by atoms with Crippen molar-refractivity contribution < 1.29 is 13.2 Å². The van der Waals surface area contributed by atoms with Gasteiger partial charge in [-0.15, -0.1) is 0 Å². The van der Waals surface area contributed by atoms with Gasteiger partial charge in [0.2, 0.25) is 0 Å². The number of halogens is 3. The molecule has 2 atom stereocenters. The van der Waals surface area contributed by atoms with Crippen LogP contribution in [0, 0.1) is 5.92 Å². The molecule has 1 fully saturated rings. The monoisotopic (exact) mass is 252 g/mol. The maximum absolute atomic E-state index is 12.3. The molecule has 1 heterocycles. The maximum Gasteiger partial charge on any atom is 0.390 e. The Morgan fingerprint density at radius 2 is 2.12 bits per heavy atom. The van der Waals surface area contributed by atoms with Crippen molar-refractivity contribution in [2.75, 3.05) is 26.2 Å². The van der Waals surface area contributed by atoms with Crippen LogP contribution in [0.25, 0.3) is 0 Å². The van der Waals surface area contributed by atoms with E-state index in [1.807, 2.05) is 4.90 Å². The highest BCUT2D eigenvalue weighted by Gasteiger charge is 2.34. The molecule has 0 aromatic heterocycles. The Labute approximate surface area is 102 Å². The average molecular weight is 252 g/mol. The van der Waals surface area contributed by atoms with Crippen molar-refractivity contribution in [1.82, 2.24) is 10.2 Å². The van der Waals surface area contributed by atoms with Crippen LogP contribution in [-0.4, -0.2) is 43.3 Å². The van der Waals surface area contributed by atoms with Crippen molar-refractivity contribution in [3.63, 3.8) is 0 Å². The van der Waals surface area contributed by atoms with Gasteiger partial charge in [0.25, 0.3) is 0 Å². The Morgan fingerprint density at radius 3 is 2.71 bits per heavy atom. The maximum atomic E-state index is 12.3. The van der Waals surface area contributed by atoms with E-state index in [4.69, 9.17) is 0 Å². The van der Waals surface area contributed by atoms with Gasteiger partial charge >= 0.3 is 6.18 Å². The fourth-order valence-corrected chi connectivity index (χ4v) is 2.38. The zero-order valence-corrected chi connectivity index (χ0v) is 10.7. The summed E-state index contributed by atoms with van der Waals surface area (Å²) in [5.74, 6) is 0.511. The molecular weight excluding hydrogens is 229 g/mol. The number of hydrogen-bond donors (Lipinski definition) is 1. The molecule has 0 aliphatic carbocycles. The quantitative estimate of drug-likeness (QED) is 0.731. The van der Waals surface area contributed by atoms with E-state index < -0.39 is 12.6 Å². The van der Waals surface area contributed by atoms with Crippen LogP contribution in [0.15, 0.2) is 0 Å². The van der Waals surface area contributed by atoms with Crippen LogP contribution in [0.2, 0.25) is 0 Å². The molecule has 0 saturated carbocycles. The first-order chi connectivity index (χ1) is 7.92. The molecule has 0 aromatic rings. The third kappa shape index (κ3) is 5.73. The molecule has 1 aliphatic heterocycles. The first-order valence-corrected chi connectivity index (χ1v) is 6.44. The minimum absolute atomic E-state index is 0.383. The molecule has 0 aromatic carbocycles. The second kappa shape index (κ2) is 6.59. The number of nitrogens with zero attached hydrogens (tertiary/aromatic N) is 1. The first-order valence-electron chi connectivity index (χ1n) is 6.44. The normalized spacial score (nSPS) is 24.2. The molecule has 5 heteroatoms. The van der Waals surface area contributed by atoms with Gasteiger partial charge in [0.1, 0.15) is 0 Å². The van der Waals surface area contributed by atoms with Crippen molar-refractivity contribution in [2.45, 2.75) is 45.3 Å². The minimum Gasteiger partial charge on any atom is -0.316 e. The predicted octanol–water partition coefficient (Wildman–Crippen LogP) is 2.65. The lowest BCUT2D eigenvalue weighted by Crippen LogP contribution is -2.35. The van der Waals surface area contributed by atoms with Gasteiger partial charge in [0.05, 0.1) is 6.42 Å². The summed E-state index contributed by atoms with van der Waals surface area (Å²) in [5, 5.41) is 3.34. The third-order valence-corrected chi connectivity index (χ3v) is 3.33. The predicted molar refractivity (Wildman–Crippen MR) is 63.0 cm³/mol. The second-order valence-corrected chi connectivity index (χ2v) is 5.02. The second-order valence-electron chi connectivity index (χ2n) is 5.02. The van der Waals surface area contributed by atoms with Gasteiger partial charge in [-0.05, 0) is 45.3 Å². The summed E-state index contributed by atoms with van der Waals surface area (Å²) in [4.78, 5) is 1.96. The number of alkyl halides is 3. The van der Waals surface area contributed by atoms with Crippen LogP contribution in [-0.2, 0) is 0 Å². The summed E-state index contributed by atoms with van der Waals surface area (Å²) in [5.41, 5.74) is 0. The van der Waals surface area contributed by atoms with E-state index in [9.17, 15) is 13.2 Å². The van der Waals surface area contributed by atoms with E-state index in [0.29, 0.717) is 5.92 Å². The Balaban J connectivity index is 2.24. The molecule has 1 N–H and O–H groups in total. The minimum atomic E-state index is -4.04. The summed E-state index contributed by atoms with van der Waals surface area (Å²) in [6, 6.07) is -0.383. The third-order valence-electron chi connectivity index (χ3n) is 3.33. The Bertz CT molecular complexity index is 218. The van der Waals surface area contributed by atoms with Gasteiger partial charge in [0, 0.05) is 12.6 Å². The van der Waals surface area contributed by atoms with Crippen LogP contribution in [0.5, 0.6) is 0 Å². The molecule has 2 unspecified atom stereocenters. The molecule has 1 saturated heterocycles. The molecule has 1 rings (SSSR count). The Morgan fingerprint density at radius 1 is 1.41 bits per heavy atom. The van der Waals surface area contributed by atoms with Crippen LogP contribution in [0.4, 0.5) is 13.2 Å². The molecule has 0 radical (unpaired) electrons. The van der Waals surface area contributed by atoms with E-state index in [-0.39, 0.29) is 6.04 Å². The molecule has 2 nitrogen and oxygen atoms in total. The highest BCUT2D eigenvalue weighted by molar-refractivity contribution is 4.81. The van der Waals surface area contributed by atoms with Crippen molar-refractivity contribution >= 4 is 0 Å². The summed E-state index contributed by atoms with van der Waals surface area (Å²) in [6.45, 7) is 7.32. The van der Waals surface area contributed by atoms with Gasteiger partial charge in [-0.2, -0.15) is 13.2 Å². The lowest BCUT2D eigenvalue weighted by molar-refractivity contribution is -0.145. The lowest BCUT2D eigenvalue weighted by Gasteiger charge is -2.25. The molecule has 1 aliphatic rings. The van der Waals surface area contributed by atoms with Crippen LogP contribution >= 0.6 is 0 Å². The molecule has 0 amide bonds. The van der Waals surface area contributed by atoms with E-state index in [2.05, 4.69) is 12.2 Å². The smallest absolute Gasteiger partial charge is 0.316 e. The van der Waals surface area contributed by atoms with E-state index >= 15 is 0 Å². The number of rotatable bonds is 6. The topological polar surface area (TPSA) is 15.3 Å². The molecule has 17 heavy (non-hydrogen) atoms. The fraction of sp³-hybridized carbons (Fsp3) is 1.00. The van der Waals surface area contributed by atoms with Crippen molar-refractivity contribution in [3.05, 3.63) is 0 Å². The SMILES string of the molecule is CCCNCC1CCN(C(C)CC(F)(F)F)C1. The standard InChI is InChI=1S/C12H23F3N2/c1-3-5-16-8-11-4-6-17(9-11)10(2)7-12(13,14)15/h10-11,16H,3-9H2,1-2H3. The van der Waals surface area contributed by atoms with Gasteiger partial charge in [-0.3, -0.25) is 4.90 Å². The number of hydrogen-bond acceptors (Lipinski definition) is 2. The van der Waals surface area contributed by atoms with Gasteiger partial charge in [-0.25, -0.2) is 0 Å². The van der Waals surface area contributed by atoms with Crippen LogP contribution < -0.4 is 5.32 Å². The van der Waals surface area contributed by atoms with Gasteiger partial charge in [0.15, 0.2) is 0 Å². The van der Waals surface area contributed by atoms with Gasteiger partial charge < -0.3 is 5.32 Å². The van der Waals surface area contributed by atoms with E-state index in [1.165, 1.54) is 0 Å². The van der Waals surface area contributed by atoms with E-state index in [1.54, 1.807) is 6.92 Å². The highest BCUT2D eigenvalue weighted by atomic mass is 19.4. The van der Waals surface area contributed by atoms with Crippen LogP contribution in [0.1, 0.15) is 33.1 Å². The van der Waals surface area contributed by atoms with Gasteiger partial charge in [-0.1, -0.05) is 6.92 Å². The van der Waals surface area contributed by atoms with Crippen LogP contribution in [0.3, 0.4) is 0 Å². The lowest BCUT2D eigenvalue weighted by atomic mass is 10.1. The average Bonchev–Trinajstić information content (AvgIpc) is 2.64. The number of likely N-dealkylation sites (tertiary alicyclic amines) is 1. The van der Waals surface area contributed by atoms with Crippen molar-refractivity contribution in [1.29, 1.82) is 0 Å². The summed E-state index contributed by atoms with van der Waals surface area (Å²) in [7, 11) is 0.